The predicted octanol–water partition coefficient (Wildman–Crippen LogP) is 4.12. The molecule has 2 N–H and O–H groups in total. The van der Waals surface area contributed by atoms with Gasteiger partial charge in [0.05, 0.1) is 5.02 Å². The molecule has 0 heterocycles. The Labute approximate surface area is 169 Å². The third-order valence-electron chi connectivity index (χ3n) is 3.48. The van der Waals surface area contributed by atoms with Gasteiger partial charge >= 0.3 is 11.9 Å². The number of hydrogen-bond donors (Lipinski definition) is 2. The molecule has 0 aliphatic rings. The fraction of sp³-hybridized carbons (Fsp3) is 0.238. The number of ether oxygens (including phenoxy) is 1. The first-order valence-corrected chi connectivity index (χ1v) is 8.92. The summed E-state index contributed by atoms with van der Waals surface area (Å²) in [6.45, 7) is 0.962. The van der Waals surface area contributed by atoms with Crippen molar-refractivity contribution in [3.05, 3.63) is 77.3 Å². The van der Waals surface area contributed by atoms with Crippen LogP contribution in [0.4, 0.5) is 0 Å². The molecule has 0 bridgehead atoms. The zero-order valence-electron chi connectivity index (χ0n) is 15.8. The van der Waals surface area contributed by atoms with Crippen molar-refractivity contribution in [2.24, 2.45) is 0 Å². The van der Waals surface area contributed by atoms with Gasteiger partial charge in [-0.3, -0.25) is 0 Å². The van der Waals surface area contributed by atoms with E-state index in [4.69, 9.17) is 26.6 Å². The second kappa shape index (κ2) is 12.5. The normalized spacial score (nSPS) is 11.6. The van der Waals surface area contributed by atoms with Gasteiger partial charge in [-0.15, -0.1) is 0 Å². The van der Waals surface area contributed by atoms with Gasteiger partial charge in [-0.25, -0.2) is 9.59 Å². The number of halogens is 1. The van der Waals surface area contributed by atoms with Crippen molar-refractivity contribution in [2.45, 2.75) is 12.5 Å². The second-order valence-electron chi connectivity index (χ2n) is 6.05. The molecule has 6 nitrogen and oxygen atoms in total. The molecule has 0 saturated heterocycles. The van der Waals surface area contributed by atoms with E-state index >= 15 is 0 Å². The molecule has 2 rings (SSSR count). The number of aliphatic carboxylic acids is 2. The smallest absolute Gasteiger partial charge is 0.328 e. The second-order valence-corrected chi connectivity index (χ2v) is 6.46. The van der Waals surface area contributed by atoms with E-state index in [1.165, 1.54) is 5.56 Å². The minimum Gasteiger partial charge on any atom is -0.484 e. The summed E-state index contributed by atoms with van der Waals surface area (Å²) in [5.41, 5.74) is 1.18. The number of carboxylic acids is 2. The minimum absolute atomic E-state index is 0.0125. The number of hydrogen-bond acceptors (Lipinski definition) is 4. The molecule has 0 aliphatic heterocycles. The summed E-state index contributed by atoms with van der Waals surface area (Å²) < 4.78 is 6.12. The van der Waals surface area contributed by atoms with Gasteiger partial charge in [0.15, 0.2) is 0 Å². The molecule has 2 aromatic carbocycles. The minimum atomic E-state index is -1.26. The first-order valence-electron chi connectivity index (χ1n) is 8.54. The van der Waals surface area contributed by atoms with Crippen LogP contribution in [-0.2, 0) is 9.59 Å². The van der Waals surface area contributed by atoms with E-state index in [0.29, 0.717) is 17.2 Å². The summed E-state index contributed by atoms with van der Waals surface area (Å²) in [6.07, 6.45) is 2.05. The fourth-order valence-electron chi connectivity index (χ4n) is 2.17. The van der Waals surface area contributed by atoms with Gasteiger partial charge in [-0.2, -0.15) is 0 Å². The Kier molecular flexibility index (Phi) is 10.4. The van der Waals surface area contributed by atoms with Gasteiger partial charge in [-0.1, -0.05) is 54.1 Å². The van der Waals surface area contributed by atoms with Crippen LogP contribution in [0, 0.1) is 0 Å². The topological polar surface area (TPSA) is 87.1 Å². The fourth-order valence-corrected chi connectivity index (χ4v) is 2.35. The molecule has 7 heteroatoms. The van der Waals surface area contributed by atoms with Gasteiger partial charge in [0.1, 0.15) is 11.9 Å². The first kappa shape index (κ1) is 23.2. The molecular formula is C21H24ClNO5. The molecule has 1 atom stereocenters. The highest BCUT2D eigenvalue weighted by molar-refractivity contribution is 6.32. The molecule has 0 radical (unpaired) electrons. The van der Waals surface area contributed by atoms with Crippen LogP contribution in [0.15, 0.2) is 66.7 Å². The molecule has 0 spiro atoms. The van der Waals surface area contributed by atoms with Gasteiger partial charge in [0, 0.05) is 25.1 Å². The van der Waals surface area contributed by atoms with Crippen LogP contribution < -0.4 is 4.74 Å². The van der Waals surface area contributed by atoms with E-state index in [9.17, 15) is 9.59 Å². The highest BCUT2D eigenvalue weighted by atomic mass is 35.5. The molecule has 0 amide bonds. The first-order chi connectivity index (χ1) is 13.3. The molecule has 0 saturated carbocycles. The van der Waals surface area contributed by atoms with Crippen LogP contribution >= 0.6 is 11.6 Å². The summed E-state index contributed by atoms with van der Waals surface area (Å²) in [7, 11) is 4.13. The quantitative estimate of drug-likeness (QED) is 0.642. The SMILES string of the molecule is CN(C)CCC(Oc1ccccc1Cl)c1ccccc1.O=C(O)/C=C\C(=O)O. The van der Waals surface area contributed by atoms with E-state index in [1.54, 1.807) is 0 Å². The number of nitrogens with zero attached hydrogens (tertiary/aromatic N) is 1. The molecular weight excluding hydrogens is 382 g/mol. The zero-order valence-corrected chi connectivity index (χ0v) is 16.5. The van der Waals surface area contributed by atoms with E-state index < -0.39 is 11.9 Å². The van der Waals surface area contributed by atoms with E-state index in [-0.39, 0.29) is 6.10 Å². The maximum atomic E-state index is 9.55. The van der Waals surface area contributed by atoms with Crippen LogP contribution in [0.5, 0.6) is 5.75 Å². The van der Waals surface area contributed by atoms with E-state index in [0.717, 1.165) is 18.7 Å². The molecule has 2 aromatic rings. The zero-order chi connectivity index (χ0) is 20.9. The van der Waals surface area contributed by atoms with Gasteiger partial charge in [0.2, 0.25) is 0 Å². The predicted molar refractivity (Wildman–Crippen MR) is 109 cm³/mol. The summed E-state index contributed by atoms with van der Waals surface area (Å²) in [5.74, 6) is -1.78. The van der Waals surface area contributed by atoms with Crippen molar-refractivity contribution in [3.63, 3.8) is 0 Å². The van der Waals surface area contributed by atoms with Crippen molar-refractivity contribution < 1.29 is 24.5 Å². The standard InChI is InChI=1S/C17H20ClNO.C4H4O4/c1-19(2)13-12-16(14-8-4-3-5-9-14)20-17-11-7-6-10-15(17)18;5-3(6)1-2-4(7)8/h3-11,16H,12-13H2,1-2H3;1-2H,(H,5,6)(H,7,8)/b;2-1-. The summed E-state index contributed by atoms with van der Waals surface area (Å²) >= 11 is 6.18. The Bertz CT molecular complexity index is 761. The summed E-state index contributed by atoms with van der Waals surface area (Å²) in [4.78, 5) is 21.3. The van der Waals surface area contributed by atoms with Crippen LogP contribution in [-0.4, -0.2) is 47.7 Å². The third-order valence-corrected chi connectivity index (χ3v) is 3.80. The maximum Gasteiger partial charge on any atom is 0.328 e. The number of carbonyl (C=O) groups is 2. The maximum absolute atomic E-state index is 9.55. The lowest BCUT2D eigenvalue weighted by Crippen LogP contribution is -2.18. The summed E-state index contributed by atoms with van der Waals surface area (Å²) in [5, 5.41) is 16.3. The Balaban J connectivity index is 0.000000416. The van der Waals surface area contributed by atoms with Crippen LogP contribution in [0.3, 0.4) is 0 Å². The number of benzene rings is 2. The van der Waals surface area contributed by atoms with Gasteiger partial charge < -0.3 is 19.8 Å². The van der Waals surface area contributed by atoms with Gasteiger partial charge in [0.25, 0.3) is 0 Å². The number of carboxylic acid groups (broad SMARTS) is 2. The highest BCUT2D eigenvalue weighted by Gasteiger charge is 2.15. The van der Waals surface area contributed by atoms with Crippen molar-refractivity contribution in [3.8, 4) is 5.75 Å². The van der Waals surface area contributed by atoms with Crippen LogP contribution in [0.2, 0.25) is 5.02 Å². The monoisotopic (exact) mass is 405 g/mol. The Morgan fingerprint density at radius 1 is 1.00 bits per heavy atom. The molecule has 0 fully saturated rings. The third kappa shape index (κ3) is 9.75. The van der Waals surface area contributed by atoms with Crippen molar-refractivity contribution >= 4 is 23.5 Å². The molecule has 0 aliphatic carbocycles. The van der Waals surface area contributed by atoms with Crippen molar-refractivity contribution in [2.75, 3.05) is 20.6 Å². The molecule has 28 heavy (non-hydrogen) atoms. The Morgan fingerprint density at radius 3 is 2.04 bits per heavy atom. The summed E-state index contributed by atoms with van der Waals surface area (Å²) in [6, 6.07) is 17.9. The van der Waals surface area contributed by atoms with E-state index in [1.807, 2.05) is 42.5 Å². The van der Waals surface area contributed by atoms with Crippen LogP contribution in [0.1, 0.15) is 18.1 Å². The molecule has 150 valence electrons. The Hall–Kier alpha value is -2.83. The van der Waals surface area contributed by atoms with Crippen molar-refractivity contribution in [1.82, 2.24) is 4.90 Å². The van der Waals surface area contributed by atoms with Gasteiger partial charge in [-0.05, 0) is 31.8 Å². The average molecular weight is 406 g/mol. The largest absolute Gasteiger partial charge is 0.484 e. The number of para-hydroxylation sites is 1. The lowest BCUT2D eigenvalue weighted by Gasteiger charge is -2.22. The highest BCUT2D eigenvalue weighted by Crippen LogP contribution is 2.30. The lowest BCUT2D eigenvalue weighted by atomic mass is 10.1. The van der Waals surface area contributed by atoms with Crippen molar-refractivity contribution in [1.29, 1.82) is 0 Å². The lowest BCUT2D eigenvalue weighted by molar-refractivity contribution is -0.134. The number of rotatable bonds is 8. The molecule has 0 aromatic heterocycles. The molecule has 1 unspecified atom stereocenters. The average Bonchev–Trinajstić information content (AvgIpc) is 2.66. The van der Waals surface area contributed by atoms with E-state index in [2.05, 4.69) is 31.1 Å². The Morgan fingerprint density at radius 2 is 1.54 bits per heavy atom. The van der Waals surface area contributed by atoms with Crippen LogP contribution in [0.25, 0.3) is 0 Å².